The van der Waals surface area contributed by atoms with Crippen LogP contribution in [-0.4, -0.2) is 56.5 Å². The summed E-state index contributed by atoms with van der Waals surface area (Å²) < 4.78 is 40.0. The van der Waals surface area contributed by atoms with E-state index in [0.717, 1.165) is 6.07 Å². The minimum atomic E-state index is -2.07. The summed E-state index contributed by atoms with van der Waals surface area (Å²) in [6.45, 7) is 2.06. The number of halogens is 3. The van der Waals surface area contributed by atoms with Gasteiger partial charge in [-0.15, -0.1) is 0 Å². The summed E-state index contributed by atoms with van der Waals surface area (Å²) in [6.07, 6.45) is 2.68. The van der Waals surface area contributed by atoms with E-state index in [4.69, 9.17) is 16.3 Å². The lowest BCUT2D eigenvalue weighted by atomic mass is 9.71. The van der Waals surface area contributed by atoms with E-state index >= 15 is 8.78 Å². The number of nitriles is 1. The van der Waals surface area contributed by atoms with Crippen molar-refractivity contribution in [3.63, 3.8) is 0 Å². The first kappa shape index (κ1) is 31.2. The second kappa shape index (κ2) is 11.8. The van der Waals surface area contributed by atoms with E-state index in [0.29, 0.717) is 30.1 Å². The van der Waals surface area contributed by atoms with Gasteiger partial charge in [0.25, 0.3) is 5.91 Å². The molecule has 1 saturated heterocycles. The standard InChI is InChI=1S/C33H32ClF2N5O4/c1-2-32(44,31(36)9-11-38-12-10-31)22-13-26-29(27(35)14-22)33(21-3-5-23(34)6-4-21,45-25-8-7-24(42)15-25)41(30(26)43)19-28-39-17-20(16-37)18-40-28/h3-6,13-14,17-18,25,38,44H,2,7-12,15,19H2,1H3/t25-,32?,33+/m0/s1. The first-order valence-electron chi connectivity index (χ1n) is 15.0. The molecule has 2 aliphatic heterocycles. The molecule has 2 aromatic carbocycles. The molecule has 1 aromatic heterocycles. The molecule has 0 spiro atoms. The number of alkyl halides is 1. The van der Waals surface area contributed by atoms with Gasteiger partial charge in [-0.1, -0.05) is 30.7 Å². The maximum atomic E-state index is 16.8. The predicted molar refractivity (Wildman–Crippen MR) is 159 cm³/mol. The number of amides is 1. The summed E-state index contributed by atoms with van der Waals surface area (Å²) in [5.41, 5.74) is -5.71. The van der Waals surface area contributed by atoms with Gasteiger partial charge in [-0.05, 0) is 68.6 Å². The number of fused-ring (bicyclic) bond motifs is 1. The molecule has 12 heteroatoms. The monoisotopic (exact) mass is 635 g/mol. The molecule has 2 fully saturated rings. The number of hydrogen-bond acceptors (Lipinski definition) is 8. The molecule has 234 valence electrons. The highest BCUT2D eigenvalue weighted by Crippen LogP contribution is 2.52. The summed E-state index contributed by atoms with van der Waals surface area (Å²) in [4.78, 5) is 36.6. The molecule has 2 N–H and O–H groups in total. The first-order chi connectivity index (χ1) is 21.5. The molecule has 1 aliphatic carbocycles. The lowest BCUT2D eigenvalue weighted by molar-refractivity contribution is -0.149. The topological polar surface area (TPSA) is 128 Å². The van der Waals surface area contributed by atoms with Gasteiger partial charge < -0.3 is 15.2 Å². The smallest absolute Gasteiger partial charge is 0.257 e. The number of piperidine rings is 1. The minimum Gasteiger partial charge on any atom is -0.382 e. The first-order valence-corrected chi connectivity index (χ1v) is 15.4. The van der Waals surface area contributed by atoms with Gasteiger partial charge >= 0.3 is 0 Å². The molecule has 3 heterocycles. The number of ketones is 1. The molecule has 1 saturated carbocycles. The number of carbonyl (C=O) groups is 2. The number of carbonyl (C=O) groups excluding carboxylic acids is 2. The largest absolute Gasteiger partial charge is 0.382 e. The Morgan fingerprint density at radius 3 is 2.49 bits per heavy atom. The van der Waals surface area contributed by atoms with Crippen LogP contribution in [0.4, 0.5) is 8.78 Å². The van der Waals surface area contributed by atoms with Crippen LogP contribution >= 0.6 is 11.6 Å². The van der Waals surface area contributed by atoms with Crippen molar-refractivity contribution in [2.75, 3.05) is 13.1 Å². The molecule has 3 aliphatic rings. The van der Waals surface area contributed by atoms with Crippen LogP contribution in [0.2, 0.25) is 5.02 Å². The number of rotatable bonds is 8. The SMILES string of the molecule is CCC(O)(c1cc(F)c2c(c1)C(=O)N(Cc1ncc(C#N)cn1)[C@@]2(O[C@H]1CCC(=O)C1)c1ccc(Cl)cc1)C1(F)CCNCC1. The highest BCUT2D eigenvalue weighted by Gasteiger charge is 2.58. The van der Waals surface area contributed by atoms with Crippen LogP contribution in [-0.2, 0) is 27.4 Å². The zero-order valence-electron chi connectivity index (χ0n) is 24.7. The van der Waals surface area contributed by atoms with Gasteiger partial charge in [-0.2, -0.15) is 5.26 Å². The Balaban J connectivity index is 1.57. The Bertz CT molecular complexity index is 1680. The van der Waals surface area contributed by atoms with E-state index in [1.165, 1.54) is 23.4 Å². The zero-order chi connectivity index (χ0) is 32.0. The maximum Gasteiger partial charge on any atom is 0.257 e. The van der Waals surface area contributed by atoms with Gasteiger partial charge in [-0.25, -0.2) is 18.7 Å². The molecule has 1 unspecified atom stereocenters. The number of ether oxygens (including phenoxy) is 1. The highest BCUT2D eigenvalue weighted by molar-refractivity contribution is 6.30. The van der Waals surface area contributed by atoms with Gasteiger partial charge in [0.2, 0.25) is 5.72 Å². The number of hydrogen-bond donors (Lipinski definition) is 2. The van der Waals surface area contributed by atoms with Crippen LogP contribution in [0, 0.1) is 17.1 Å². The maximum absolute atomic E-state index is 16.8. The lowest BCUT2D eigenvalue weighted by Gasteiger charge is -2.44. The third kappa shape index (κ3) is 5.20. The summed E-state index contributed by atoms with van der Waals surface area (Å²) in [5.74, 6) is -1.39. The highest BCUT2D eigenvalue weighted by atomic mass is 35.5. The molecule has 45 heavy (non-hydrogen) atoms. The van der Waals surface area contributed by atoms with Crippen LogP contribution < -0.4 is 5.32 Å². The molecular weight excluding hydrogens is 604 g/mol. The van der Waals surface area contributed by atoms with E-state index < -0.39 is 34.8 Å². The second-order valence-corrected chi connectivity index (χ2v) is 12.3. The summed E-state index contributed by atoms with van der Waals surface area (Å²) in [5, 5.41) is 24.6. The van der Waals surface area contributed by atoms with Crippen LogP contribution in [0.15, 0.2) is 48.8 Å². The third-order valence-corrected chi connectivity index (χ3v) is 9.57. The molecule has 3 aromatic rings. The van der Waals surface area contributed by atoms with E-state index in [9.17, 15) is 20.0 Å². The summed E-state index contributed by atoms with van der Waals surface area (Å²) in [6, 6.07) is 10.8. The Labute approximate surface area is 264 Å². The Morgan fingerprint density at radius 1 is 1.20 bits per heavy atom. The number of nitrogens with zero attached hydrogens (tertiary/aromatic N) is 4. The Morgan fingerprint density at radius 2 is 1.89 bits per heavy atom. The van der Waals surface area contributed by atoms with Crippen molar-refractivity contribution < 1.29 is 28.2 Å². The third-order valence-electron chi connectivity index (χ3n) is 9.32. The lowest BCUT2D eigenvalue weighted by Crippen LogP contribution is -2.54. The molecule has 6 rings (SSSR count). The van der Waals surface area contributed by atoms with Crippen molar-refractivity contribution >= 4 is 23.3 Å². The number of nitrogens with one attached hydrogen (secondary N) is 1. The average Bonchev–Trinajstić information content (AvgIpc) is 3.56. The fourth-order valence-electron chi connectivity index (χ4n) is 6.91. The Kier molecular flexibility index (Phi) is 8.20. The molecule has 3 atom stereocenters. The van der Waals surface area contributed by atoms with Crippen molar-refractivity contribution in [3.8, 4) is 6.07 Å². The normalized spacial score (nSPS) is 23.9. The van der Waals surface area contributed by atoms with Crippen molar-refractivity contribution in [1.29, 1.82) is 5.26 Å². The fourth-order valence-corrected chi connectivity index (χ4v) is 7.03. The van der Waals surface area contributed by atoms with Gasteiger partial charge in [-0.3, -0.25) is 14.5 Å². The van der Waals surface area contributed by atoms with E-state index in [2.05, 4.69) is 15.3 Å². The van der Waals surface area contributed by atoms with Crippen molar-refractivity contribution in [2.45, 2.75) is 75.1 Å². The number of aromatic nitrogens is 2. The molecule has 9 nitrogen and oxygen atoms in total. The molecular formula is C33H32ClF2N5O4. The molecule has 0 bridgehead atoms. The summed E-state index contributed by atoms with van der Waals surface area (Å²) >= 11 is 6.23. The van der Waals surface area contributed by atoms with Gasteiger partial charge in [0.1, 0.15) is 34.8 Å². The van der Waals surface area contributed by atoms with Crippen LogP contribution in [0.3, 0.4) is 0 Å². The van der Waals surface area contributed by atoms with Crippen molar-refractivity contribution in [2.24, 2.45) is 0 Å². The number of Topliss-reactive ketones (excluding diaryl/α,β-unsaturated/α-hetero) is 1. The van der Waals surface area contributed by atoms with Crippen molar-refractivity contribution in [1.82, 2.24) is 20.2 Å². The molecule has 0 radical (unpaired) electrons. The van der Waals surface area contributed by atoms with E-state index in [-0.39, 0.29) is 72.5 Å². The van der Waals surface area contributed by atoms with Gasteiger partial charge in [0, 0.05) is 35.8 Å². The van der Waals surface area contributed by atoms with Crippen molar-refractivity contribution in [3.05, 3.63) is 93.3 Å². The van der Waals surface area contributed by atoms with Crippen LogP contribution in [0.25, 0.3) is 0 Å². The second-order valence-electron chi connectivity index (χ2n) is 11.9. The summed E-state index contributed by atoms with van der Waals surface area (Å²) in [7, 11) is 0. The van der Waals surface area contributed by atoms with E-state index in [1.54, 1.807) is 31.2 Å². The van der Waals surface area contributed by atoms with Gasteiger partial charge in [0.15, 0.2) is 0 Å². The Hall–Kier alpha value is -3.82. The van der Waals surface area contributed by atoms with E-state index in [1.807, 2.05) is 6.07 Å². The predicted octanol–water partition coefficient (Wildman–Crippen LogP) is 4.83. The van der Waals surface area contributed by atoms with Crippen LogP contribution in [0.1, 0.15) is 83.9 Å². The minimum absolute atomic E-state index is 0.0136. The average molecular weight is 636 g/mol. The van der Waals surface area contributed by atoms with Crippen LogP contribution in [0.5, 0.6) is 0 Å². The molecule has 1 amide bonds. The quantitative estimate of drug-likeness (QED) is 0.360. The number of aliphatic hydroxyl groups is 1. The zero-order valence-corrected chi connectivity index (χ0v) is 25.4. The fraction of sp³-hybridized carbons (Fsp3) is 0.424. The number of benzene rings is 2. The van der Waals surface area contributed by atoms with Gasteiger partial charge in [0.05, 0.1) is 29.3 Å².